The predicted octanol–water partition coefficient (Wildman–Crippen LogP) is 2.58. The summed E-state index contributed by atoms with van der Waals surface area (Å²) in [6, 6.07) is 9.02. The highest BCUT2D eigenvalue weighted by molar-refractivity contribution is 9.10. The number of halogens is 1. The van der Waals surface area contributed by atoms with Crippen LogP contribution in [0.15, 0.2) is 40.9 Å². The van der Waals surface area contributed by atoms with Crippen LogP contribution in [0.4, 0.5) is 5.69 Å². The summed E-state index contributed by atoms with van der Waals surface area (Å²) in [5.74, 6) is -0.240. The Labute approximate surface area is 169 Å². The van der Waals surface area contributed by atoms with E-state index in [0.717, 1.165) is 15.6 Å². The molecule has 28 heavy (non-hydrogen) atoms. The van der Waals surface area contributed by atoms with Gasteiger partial charge in [0.2, 0.25) is 0 Å². The number of hydrogen-bond acceptors (Lipinski definition) is 6. The number of ether oxygens (including phenoxy) is 2. The fourth-order valence-corrected chi connectivity index (χ4v) is 2.97. The molecule has 0 aliphatic rings. The third-order valence-electron chi connectivity index (χ3n) is 3.53. The van der Waals surface area contributed by atoms with Crippen LogP contribution in [-0.2, 0) is 9.59 Å². The van der Waals surface area contributed by atoms with Gasteiger partial charge in [-0.05, 0) is 49.2 Å². The highest BCUT2D eigenvalue weighted by Crippen LogP contribution is 2.27. The number of amides is 2. The van der Waals surface area contributed by atoms with E-state index < -0.39 is 16.7 Å². The molecular formula is C18H18BrN3O6. The van der Waals surface area contributed by atoms with Gasteiger partial charge in [-0.2, -0.15) is 0 Å². The molecule has 148 valence electrons. The van der Waals surface area contributed by atoms with Crippen molar-refractivity contribution in [3.8, 4) is 11.5 Å². The Kier molecular flexibility index (Phi) is 7.33. The average molecular weight is 452 g/mol. The fourth-order valence-electron chi connectivity index (χ4n) is 2.29. The lowest BCUT2D eigenvalue weighted by molar-refractivity contribution is -0.384. The number of non-ortho nitro benzene ring substituents is 1. The summed E-state index contributed by atoms with van der Waals surface area (Å²) in [5, 5.41) is 10.6. The fraction of sp³-hybridized carbons (Fsp3) is 0.222. The minimum atomic E-state index is -0.595. The first-order chi connectivity index (χ1) is 13.3. The Morgan fingerprint density at radius 2 is 1.50 bits per heavy atom. The number of benzene rings is 2. The monoisotopic (exact) mass is 451 g/mol. The molecule has 0 unspecified atom stereocenters. The quantitative estimate of drug-likeness (QED) is 0.492. The highest BCUT2D eigenvalue weighted by atomic mass is 79.9. The van der Waals surface area contributed by atoms with E-state index in [0.29, 0.717) is 5.75 Å². The van der Waals surface area contributed by atoms with Gasteiger partial charge in [0, 0.05) is 16.6 Å². The van der Waals surface area contributed by atoms with Gasteiger partial charge < -0.3 is 9.47 Å². The van der Waals surface area contributed by atoms with Crippen molar-refractivity contribution >= 4 is 33.4 Å². The molecule has 0 bridgehead atoms. The smallest absolute Gasteiger partial charge is 0.276 e. The first-order valence-corrected chi connectivity index (χ1v) is 8.90. The van der Waals surface area contributed by atoms with Crippen LogP contribution in [0.25, 0.3) is 0 Å². The molecule has 2 amide bonds. The van der Waals surface area contributed by atoms with Crippen LogP contribution >= 0.6 is 15.9 Å². The average Bonchev–Trinajstić information content (AvgIpc) is 2.64. The van der Waals surface area contributed by atoms with Crippen LogP contribution in [0, 0.1) is 24.0 Å². The molecule has 0 atom stereocenters. The van der Waals surface area contributed by atoms with Gasteiger partial charge in [-0.1, -0.05) is 15.9 Å². The first kappa shape index (κ1) is 21.2. The summed E-state index contributed by atoms with van der Waals surface area (Å²) in [5.41, 5.74) is 6.09. The zero-order valence-corrected chi connectivity index (χ0v) is 16.7. The molecule has 2 N–H and O–H groups in total. The zero-order chi connectivity index (χ0) is 20.7. The molecule has 2 aromatic rings. The first-order valence-electron chi connectivity index (χ1n) is 8.10. The maximum absolute atomic E-state index is 11.8. The zero-order valence-electron chi connectivity index (χ0n) is 15.2. The summed E-state index contributed by atoms with van der Waals surface area (Å²) in [7, 11) is 0. The topological polar surface area (TPSA) is 120 Å². The summed E-state index contributed by atoms with van der Waals surface area (Å²) >= 11 is 3.39. The van der Waals surface area contributed by atoms with Crippen molar-refractivity contribution in [3.05, 3.63) is 62.1 Å². The third kappa shape index (κ3) is 6.23. The largest absolute Gasteiger partial charge is 0.484 e. The lowest BCUT2D eigenvalue weighted by Crippen LogP contribution is -2.45. The number of nitrogens with one attached hydrogen (secondary N) is 2. The van der Waals surface area contributed by atoms with Gasteiger partial charge in [0.1, 0.15) is 11.5 Å². The number of rotatable bonds is 7. The molecule has 0 fully saturated rings. The summed E-state index contributed by atoms with van der Waals surface area (Å²) in [6.45, 7) is 3.08. The molecule has 0 aliphatic heterocycles. The van der Waals surface area contributed by atoms with Crippen LogP contribution in [0.1, 0.15) is 11.1 Å². The molecule has 0 aliphatic carbocycles. The third-order valence-corrected chi connectivity index (χ3v) is 3.99. The van der Waals surface area contributed by atoms with Crippen LogP contribution in [0.3, 0.4) is 0 Å². The maximum Gasteiger partial charge on any atom is 0.276 e. The van der Waals surface area contributed by atoms with Crippen molar-refractivity contribution in [1.29, 1.82) is 0 Å². The van der Waals surface area contributed by atoms with E-state index in [2.05, 4.69) is 26.8 Å². The molecule has 9 nitrogen and oxygen atoms in total. The highest BCUT2D eigenvalue weighted by Gasteiger charge is 2.10. The number of nitro benzene ring substituents is 1. The second-order valence-electron chi connectivity index (χ2n) is 5.79. The van der Waals surface area contributed by atoms with Crippen molar-refractivity contribution in [1.82, 2.24) is 10.9 Å². The van der Waals surface area contributed by atoms with Gasteiger partial charge >= 0.3 is 0 Å². The molecule has 0 saturated carbocycles. The second-order valence-corrected chi connectivity index (χ2v) is 6.71. The number of aryl methyl sites for hydroxylation is 2. The predicted molar refractivity (Wildman–Crippen MR) is 104 cm³/mol. The number of nitrogens with zero attached hydrogens (tertiary/aromatic N) is 1. The summed E-state index contributed by atoms with van der Waals surface area (Å²) < 4.78 is 11.6. The lowest BCUT2D eigenvalue weighted by Gasteiger charge is -2.13. The standard InChI is InChI=1S/C18H18BrN3O6/c1-11-7-13(19)8-12(2)18(11)28-10-17(24)21-20-16(23)9-27-15-5-3-14(4-6-15)22(25)26/h3-8H,9-10H2,1-2H3,(H,20,23)(H,21,24). The SMILES string of the molecule is Cc1cc(Br)cc(C)c1OCC(=O)NNC(=O)COc1ccc([N+](=O)[O-])cc1. The van der Waals surface area contributed by atoms with Crippen LogP contribution in [0.5, 0.6) is 11.5 Å². The van der Waals surface area contributed by atoms with Gasteiger partial charge in [-0.25, -0.2) is 0 Å². The van der Waals surface area contributed by atoms with Gasteiger partial charge in [-0.3, -0.25) is 30.6 Å². The van der Waals surface area contributed by atoms with Gasteiger partial charge in [0.25, 0.3) is 17.5 Å². The van der Waals surface area contributed by atoms with Crippen LogP contribution in [0.2, 0.25) is 0 Å². The minimum Gasteiger partial charge on any atom is -0.484 e. The van der Waals surface area contributed by atoms with Gasteiger partial charge in [-0.15, -0.1) is 0 Å². The Balaban J connectivity index is 1.73. The summed E-state index contributed by atoms with van der Waals surface area (Å²) in [4.78, 5) is 33.6. The number of carbonyl (C=O) groups is 2. The Hall–Kier alpha value is -3.14. The van der Waals surface area contributed by atoms with Gasteiger partial charge in [0.05, 0.1) is 4.92 Å². The molecule has 0 radical (unpaired) electrons. The normalized spacial score (nSPS) is 10.1. The lowest BCUT2D eigenvalue weighted by atomic mass is 10.1. The van der Waals surface area contributed by atoms with Crippen molar-refractivity contribution in [2.45, 2.75) is 13.8 Å². The van der Waals surface area contributed by atoms with E-state index in [-0.39, 0.29) is 24.7 Å². The Bertz CT molecular complexity index is 862. The Morgan fingerprint density at radius 3 is 2.00 bits per heavy atom. The van der Waals surface area contributed by atoms with E-state index >= 15 is 0 Å². The number of hydrazine groups is 1. The van der Waals surface area contributed by atoms with E-state index in [4.69, 9.17) is 9.47 Å². The van der Waals surface area contributed by atoms with E-state index in [1.165, 1.54) is 24.3 Å². The van der Waals surface area contributed by atoms with Crippen molar-refractivity contribution in [2.24, 2.45) is 0 Å². The van der Waals surface area contributed by atoms with Crippen molar-refractivity contribution < 1.29 is 24.0 Å². The number of nitro groups is 1. The number of hydrogen-bond donors (Lipinski definition) is 2. The van der Waals surface area contributed by atoms with E-state index in [1.54, 1.807) is 0 Å². The molecule has 2 rings (SSSR count). The van der Waals surface area contributed by atoms with E-state index in [1.807, 2.05) is 26.0 Å². The minimum absolute atomic E-state index is 0.0830. The molecule has 0 saturated heterocycles. The number of carbonyl (C=O) groups excluding carboxylic acids is 2. The molecule has 2 aromatic carbocycles. The molecule has 10 heteroatoms. The van der Waals surface area contributed by atoms with E-state index in [9.17, 15) is 19.7 Å². The maximum atomic E-state index is 11.8. The van der Waals surface area contributed by atoms with Crippen molar-refractivity contribution in [2.75, 3.05) is 13.2 Å². The molecular weight excluding hydrogens is 434 g/mol. The van der Waals surface area contributed by atoms with Gasteiger partial charge in [0.15, 0.2) is 13.2 Å². The second kappa shape index (κ2) is 9.70. The molecule has 0 heterocycles. The van der Waals surface area contributed by atoms with Crippen molar-refractivity contribution in [3.63, 3.8) is 0 Å². The summed E-state index contributed by atoms with van der Waals surface area (Å²) in [6.07, 6.45) is 0. The Morgan fingerprint density at radius 1 is 1.00 bits per heavy atom. The molecule has 0 spiro atoms. The van der Waals surface area contributed by atoms with Crippen LogP contribution < -0.4 is 20.3 Å². The molecule has 0 aromatic heterocycles. The van der Waals surface area contributed by atoms with Crippen LogP contribution in [-0.4, -0.2) is 30.0 Å².